The van der Waals surface area contributed by atoms with Crippen LogP contribution < -0.4 is 5.32 Å². The van der Waals surface area contributed by atoms with E-state index in [1.165, 1.54) is 0 Å². The molecular weight excluding hydrogens is 170 g/mol. The summed E-state index contributed by atoms with van der Waals surface area (Å²) in [6.45, 7) is 4.65. The number of hydrogen-bond donors (Lipinski definition) is 1. The summed E-state index contributed by atoms with van der Waals surface area (Å²) in [5.41, 5.74) is 0. The second-order valence-electron chi connectivity index (χ2n) is 3.07. The first-order chi connectivity index (χ1) is 6.33. The predicted molar refractivity (Wildman–Crippen MR) is 48.5 cm³/mol. The molecule has 0 unspecified atom stereocenters. The number of rotatable bonds is 4. The third kappa shape index (κ3) is 4.24. The van der Waals surface area contributed by atoms with Gasteiger partial charge in [-0.25, -0.2) is 0 Å². The Labute approximate surface area is 78.6 Å². The molecule has 0 saturated carbocycles. The van der Waals surface area contributed by atoms with Gasteiger partial charge < -0.3 is 14.8 Å². The van der Waals surface area contributed by atoms with Crippen LogP contribution >= 0.6 is 0 Å². The van der Waals surface area contributed by atoms with E-state index in [4.69, 9.17) is 9.47 Å². The SMILES string of the molecule is CCOC(=O)CC[C@H]1COCCN1. The van der Waals surface area contributed by atoms with Crippen molar-refractivity contribution in [1.29, 1.82) is 0 Å². The lowest BCUT2D eigenvalue weighted by molar-refractivity contribution is -0.143. The van der Waals surface area contributed by atoms with E-state index in [9.17, 15) is 4.79 Å². The maximum absolute atomic E-state index is 11.0. The molecule has 0 aromatic heterocycles. The van der Waals surface area contributed by atoms with Gasteiger partial charge in [0.1, 0.15) is 0 Å². The molecule has 1 fully saturated rings. The highest BCUT2D eigenvalue weighted by molar-refractivity contribution is 5.69. The van der Waals surface area contributed by atoms with Crippen LogP contribution in [-0.2, 0) is 14.3 Å². The summed E-state index contributed by atoms with van der Waals surface area (Å²) >= 11 is 0. The molecule has 1 heterocycles. The van der Waals surface area contributed by atoms with Gasteiger partial charge in [-0.3, -0.25) is 4.79 Å². The summed E-state index contributed by atoms with van der Waals surface area (Å²) in [6.07, 6.45) is 1.29. The Morgan fingerprint density at radius 1 is 1.69 bits per heavy atom. The summed E-state index contributed by atoms with van der Waals surface area (Å²) in [4.78, 5) is 11.0. The van der Waals surface area contributed by atoms with Gasteiger partial charge in [-0.1, -0.05) is 0 Å². The number of carbonyl (C=O) groups is 1. The van der Waals surface area contributed by atoms with Crippen LogP contribution in [0, 0.1) is 0 Å². The Hall–Kier alpha value is -0.610. The van der Waals surface area contributed by atoms with E-state index in [2.05, 4.69) is 5.32 Å². The lowest BCUT2D eigenvalue weighted by Gasteiger charge is -2.23. The van der Waals surface area contributed by atoms with Crippen LogP contribution in [0.3, 0.4) is 0 Å². The van der Waals surface area contributed by atoms with Crippen molar-refractivity contribution in [3.8, 4) is 0 Å². The summed E-state index contributed by atoms with van der Waals surface area (Å²) in [7, 11) is 0. The van der Waals surface area contributed by atoms with Crippen molar-refractivity contribution in [2.45, 2.75) is 25.8 Å². The number of esters is 1. The van der Waals surface area contributed by atoms with Crippen molar-refractivity contribution in [3.63, 3.8) is 0 Å². The monoisotopic (exact) mass is 187 g/mol. The second-order valence-corrected chi connectivity index (χ2v) is 3.07. The average Bonchev–Trinajstić information content (AvgIpc) is 2.17. The molecule has 0 amide bonds. The zero-order chi connectivity index (χ0) is 9.52. The first-order valence-corrected chi connectivity index (χ1v) is 4.79. The normalized spacial score (nSPS) is 22.7. The van der Waals surface area contributed by atoms with Gasteiger partial charge in [0.15, 0.2) is 0 Å². The smallest absolute Gasteiger partial charge is 0.305 e. The van der Waals surface area contributed by atoms with Gasteiger partial charge in [-0.2, -0.15) is 0 Å². The maximum atomic E-state index is 11.0. The predicted octanol–water partition coefficient (Wildman–Crippen LogP) is 0.318. The molecule has 0 bridgehead atoms. The van der Waals surface area contributed by atoms with Gasteiger partial charge in [0.05, 0.1) is 19.8 Å². The third-order valence-corrected chi connectivity index (χ3v) is 2.00. The van der Waals surface area contributed by atoms with Crippen LogP contribution in [0.5, 0.6) is 0 Å². The van der Waals surface area contributed by atoms with Gasteiger partial charge in [-0.15, -0.1) is 0 Å². The lowest BCUT2D eigenvalue weighted by atomic mass is 10.1. The summed E-state index contributed by atoms with van der Waals surface area (Å²) < 4.78 is 10.1. The Morgan fingerprint density at radius 3 is 3.15 bits per heavy atom. The molecule has 0 spiro atoms. The van der Waals surface area contributed by atoms with E-state index in [0.29, 0.717) is 25.7 Å². The van der Waals surface area contributed by atoms with Crippen molar-refractivity contribution in [2.24, 2.45) is 0 Å². The van der Waals surface area contributed by atoms with E-state index >= 15 is 0 Å². The zero-order valence-electron chi connectivity index (χ0n) is 8.04. The molecule has 76 valence electrons. The average molecular weight is 187 g/mol. The molecule has 1 atom stereocenters. The van der Waals surface area contributed by atoms with Crippen LogP contribution in [-0.4, -0.2) is 38.4 Å². The van der Waals surface area contributed by atoms with Gasteiger partial charge in [-0.05, 0) is 13.3 Å². The van der Waals surface area contributed by atoms with Crippen LogP contribution in [0.4, 0.5) is 0 Å². The molecule has 4 nitrogen and oxygen atoms in total. The van der Waals surface area contributed by atoms with E-state index in [-0.39, 0.29) is 5.97 Å². The summed E-state index contributed by atoms with van der Waals surface area (Å²) in [5.74, 6) is -0.116. The fourth-order valence-electron chi connectivity index (χ4n) is 1.33. The fraction of sp³-hybridized carbons (Fsp3) is 0.889. The van der Waals surface area contributed by atoms with Crippen molar-refractivity contribution in [3.05, 3.63) is 0 Å². The van der Waals surface area contributed by atoms with E-state index in [1.54, 1.807) is 0 Å². The topological polar surface area (TPSA) is 47.6 Å². The number of ether oxygens (including phenoxy) is 2. The molecule has 0 radical (unpaired) electrons. The molecule has 1 saturated heterocycles. The number of nitrogens with one attached hydrogen (secondary N) is 1. The molecule has 1 aliphatic rings. The van der Waals surface area contributed by atoms with Crippen molar-refractivity contribution < 1.29 is 14.3 Å². The van der Waals surface area contributed by atoms with Gasteiger partial charge in [0.2, 0.25) is 0 Å². The standard InChI is InChI=1S/C9H17NO3/c1-2-13-9(11)4-3-8-7-12-6-5-10-8/h8,10H,2-7H2,1H3/t8-/m0/s1. The molecule has 1 aliphatic heterocycles. The van der Waals surface area contributed by atoms with Crippen molar-refractivity contribution in [2.75, 3.05) is 26.4 Å². The first kappa shape index (κ1) is 10.5. The molecule has 4 heteroatoms. The molecule has 0 aromatic carbocycles. The Bertz CT molecular complexity index is 155. The minimum absolute atomic E-state index is 0.116. The summed E-state index contributed by atoms with van der Waals surface area (Å²) in [6, 6.07) is 0.318. The summed E-state index contributed by atoms with van der Waals surface area (Å²) in [5, 5.41) is 3.28. The molecule has 0 aliphatic carbocycles. The Kier molecular flexibility index (Phi) is 4.78. The van der Waals surface area contributed by atoms with E-state index in [0.717, 1.165) is 19.6 Å². The van der Waals surface area contributed by atoms with Gasteiger partial charge in [0, 0.05) is 19.0 Å². The zero-order valence-corrected chi connectivity index (χ0v) is 8.04. The fourth-order valence-corrected chi connectivity index (χ4v) is 1.33. The number of carbonyl (C=O) groups excluding carboxylic acids is 1. The minimum atomic E-state index is -0.116. The van der Waals surface area contributed by atoms with Crippen LogP contribution in [0.25, 0.3) is 0 Å². The van der Waals surface area contributed by atoms with E-state index < -0.39 is 0 Å². The third-order valence-electron chi connectivity index (χ3n) is 2.00. The highest BCUT2D eigenvalue weighted by Crippen LogP contribution is 2.02. The molecule has 1 N–H and O–H groups in total. The molecule has 0 aromatic rings. The Morgan fingerprint density at radius 2 is 2.54 bits per heavy atom. The van der Waals surface area contributed by atoms with Crippen LogP contribution in [0.15, 0.2) is 0 Å². The highest BCUT2D eigenvalue weighted by atomic mass is 16.5. The number of hydrogen-bond acceptors (Lipinski definition) is 4. The van der Waals surface area contributed by atoms with Crippen LogP contribution in [0.2, 0.25) is 0 Å². The lowest BCUT2D eigenvalue weighted by Crippen LogP contribution is -2.41. The highest BCUT2D eigenvalue weighted by Gasteiger charge is 2.14. The van der Waals surface area contributed by atoms with Gasteiger partial charge in [0.25, 0.3) is 0 Å². The van der Waals surface area contributed by atoms with Crippen molar-refractivity contribution in [1.82, 2.24) is 5.32 Å². The van der Waals surface area contributed by atoms with Crippen molar-refractivity contribution >= 4 is 5.97 Å². The number of morpholine rings is 1. The van der Waals surface area contributed by atoms with E-state index in [1.807, 2.05) is 6.92 Å². The Balaban J connectivity index is 2.06. The first-order valence-electron chi connectivity index (χ1n) is 4.79. The molecular formula is C9H17NO3. The largest absolute Gasteiger partial charge is 0.466 e. The maximum Gasteiger partial charge on any atom is 0.305 e. The molecule has 13 heavy (non-hydrogen) atoms. The van der Waals surface area contributed by atoms with Gasteiger partial charge >= 0.3 is 5.97 Å². The quantitative estimate of drug-likeness (QED) is 0.644. The minimum Gasteiger partial charge on any atom is -0.466 e. The molecule has 1 rings (SSSR count). The second kappa shape index (κ2) is 5.94. The van der Waals surface area contributed by atoms with Crippen LogP contribution in [0.1, 0.15) is 19.8 Å².